The maximum atomic E-state index is 12.0. The van der Waals surface area contributed by atoms with Gasteiger partial charge in [-0.25, -0.2) is 13.4 Å². The fourth-order valence-electron chi connectivity index (χ4n) is 2.89. The number of anilines is 2. The molecular weight excluding hydrogens is 376 g/mol. The smallest absolute Gasteiger partial charge is 0.244 e. The molecule has 2 heterocycles. The van der Waals surface area contributed by atoms with Crippen molar-refractivity contribution < 1.29 is 13.2 Å². The summed E-state index contributed by atoms with van der Waals surface area (Å²) in [4.78, 5) is 18.2. The maximum absolute atomic E-state index is 12.0. The van der Waals surface area contributed by atoms with Crippen LogP contribution in [0.3, 0.4) is 0 Å². The molecular formula is C20H24N4O3S. The number of benzene rings is 1. The predicted molar refractivity (Wildman–Crippen MR) is 112 cm³/mol. The van der Waals surface area contributed by atoms with Gasteiger partial charge in [0.05, 0.1) is 11.4 Å². The Hall–Kier alpha value is -2.87. The number of nitrogens with zero attached hydrogens (tertiary/aromatic N) is 3. The van der Waals surface area contributed by atoms with Gasteiger partial charge >= 0.3 is 0 Å². The molecule has 0 atom stereocenters. The van der Waals surface area contributed by atoms with Gasteiger partial charge in [-0.15, -0.1) is 0 Å². The Labute approximate surface area is 165 Å². The van der Waals surface area contributed by atoms with Crippen molar-refractivity contribution in [3.63, 3.8) is 0 Å². The fourth-order valence-corrected chi connectivity index (χ4v) is 4.45. The lowest BCUT2D eigenvalue weighted by Crippen LogP contribution is -2.24. The van der Waals surface area contributed by atoms with E-state index in [4.69, 9.17) is 0 Å². The van der Waals surface area contributed by atoms with Crippen molar-refractivity contribution in [2.45, 2.75) is 13.0 Å². The van der Waals surface area contributed by atoms with Gasteiger partial charge in [0.25, 0.3) is 0 Å². The molecule has 0 radical (unpaired) electrons. The van der Waals surface area contributed by atoms with Gasteiger partial charge < -0.3 is 10.2 Å². The first kappa shape index (κ1) is 19.9. The van der Waals surface area contributed by atoms with E-state index in [-0.39, 0.29) is 11.7 Å². The van der Waals surface area contributed by atoms with E-state index in [0.717, 1.165) is 16.9 Å². The predicted octanol–water partition coefficient (Wildman–Crippen LogP) is 2.02. The first-order chi connectivity index (χ1) is 13.3. The van der Waals surface area contributed by atoms with Crippen molar-refractivity contribution in [1.29, 1.82) is 0 Å². The number of carbonyl (C=O) groups excluding carboxylic acids is 1. The van der Waals surface area contributed by atoms with Crippen molar-refractivity contribution in [3.8, 4) is 0 Å². The van der Waals surface area contributed by atoms with Crippen LogP contribution in [0, 0.1) is 0 Å². The topological polar surface area (TPSA) is 82.6 Å². The van der Waals surface area contributed by atoms with E-state index in [1.165, 1.54) is 10.4 Å². The van der Waals surface area contributed by atoms with Crippen molar-refractivity contribution >= 4 is 33.5 Å². The number of amides is 1. The highest BCUT2D eigenvalue weighted by atomic mass is 32.2. The Morgan fingerprint density at radius 2 is 1.96 bits per heavy atom. The summed E-state index contributed by atoms with van der Waals surface area (Å²) in [5, 5.41) is 2.82. The minimum Gasteiger partial charge on any atom is -0.363 e. The van der Waals surface area contributed by atoms with E-state index in [2.05, 4.69) is 10.3 Å². The molecule has 1 aromatic heterocycles. The Bertz CT molecular complexity index is 952. The zero-order chi connectivity index (χ0) is 20.1. The minimum atomic E-state index is -3.18. The van der Waals surface area contributed by atoms with Crippen LogP contribution < -0.4 is 14.5 Å². The quantitative estimate of drug-likeness (QED) is 0.750. The zero-order valence-electron chi connectivity index (χ0n) is 16.0. The van der Waals surface area contributed by atoms with Gasteiger partial charge in [0.1, 0.15) is 5.82 Å². The van der Waals surface area contributed by atoms with Crippen molar-refractivity contribution in [2.24, 2.45) is 0 Å². The number of carbonyl (C=O) groups is 1. The molecule has 1 aliphatic heterocycles. The van der Waals surface area contributed by atoms with Gasteiger partial charge in [-0.05, 0) is 41.8 Å². The Morgan fingerprint density at radius 1 is 1.21 bits per heavy atom. The molecule has 1 aromatic carbocycles. The zero-order valence-corrected chi connectivity index (χ0v) is 16.8. The number of sulfonamides is 1. The molecule has 8 heteroatoms. The molecule has 3 rings (SSSR count). The number of nitrogens with one attached hydrogen (secondary N) is 1. The highest BCUT2D eigenvalue weighted by molar-refractivity contribution is 7.93. The van der Waals surface area contributed by atoms with E-state index in [0.29, 0.717) is 25.2 Å². The molecule has 7 nitrogen and oxygen atoms in total. The molecule has 0 aliphatic carbocycles. The number of pyridine rings is 1. The Balaban J connectivity index is 1.54. The summed E-state index contributed by atoms with van der Waals surface area (Å²) < 4.78 is 25.3. The van der Waals surface area contributed by atoms with Crippen LogP contribution in [-0.4, -0.2) is 45.7 Å². The molecule has 1 fully saturated rings. The van der Waals surface area contributed by atoms with E-state index in [1.54, 1.807) is 36.5 Å². The van der Waals surface area contributed by atoms with Gasteiger partial charge in [0, 0.05) is 39.5 Å². The third-order valence-electron chi connectivity index (χ3n) is 4.44. The Kier molecular flexibility index (Phi) is 5.99. The van der Waals surface area contributed by atoms with Crippen LogP contribution in [0.4, 0.5) is 11.5 Å². The standard InChI is InChI=1S/C20H24N4O3S/c1-23(2)19-10-6-17(14-21-19)15-22-20(25)11-7-16-4-8-18(9-5-16)24-12-3-13-28(24,26)27/h4-11,14H,3,12-13,15H2,1-2H3,(H,22,25)/b11-7+. The molecule has 0 bridgehead atoms. The third kappa shape index (κ3) is 4.89. The van der Waals surface area contributed by atoms with Gasteiger partial charge in [-0.1, -0.05) is 18.2 Å². The molecule has 0 saturated carbocycles. The summed E-state index contributed by atoms with van der Waals surface area (Å²) in [6, 6.07) is 11.0. The van der Waals surface area contributed by atoms with Crippen molar-refractivity contribution in [1.82, 2.24) is 10.3 Å². The van der Waals surface area contributed by atoms with E-state index >= 15 is 0 Å². The number of hydrogen-bond acceptors (Lipinski definition) is 5. The summed E-state index contributed by atoms with van der Waals surface area (Å²) in [6.45, 7) is 0.917. The van der Waals surface area contributed by atoms with Gasteiger partial charge in [-0.3, -0.25) is 9.10 Å². The highest BCUT2D eigenvalue weighted by Gasteiger charge is 2.28. The molecule has 28 heavy (non-hydrogen) atoms. The highest BCUT2D eigenvalue weighted by Crippen LogP contribution is 2.24. The third-order valence-corrected chi connectivity index (χ3v) is 6.31. The van der Waals surface area contributed by atoms with E-state index < -0.39 is 10.0 Å². The molecule has 1 aliphatic rings. The van der Waals surface area contributed by atoms with Crippen LogP contribution in [0.2, 0.25) is 0 Å². The van der Waals surface area contributed by atoms with E-state index in [1.807, 2.05) is 31.1 Å². The summed E-state index contributed by atoms with van der Waals surface area (Å²) in [6.07, 6.45) is 5.55. The Morgan fingerprint density at radius 3 is 2.54 bits per heavy atom. The maximum Gasteiger partial charge on any atom is 0.244 e. The van der Waals surface area contributed by atoms with Crippen LogP contribution in [0.5, 0.6) is 0 Å². The van der Waals surface area contributed by atoms with E-state index in [9.17, 15) is 13.2 Å². The second kappa shape index (κ2) is 8.43. The number of hydrogen-bond donors (Lipinski definition) is 1. The van der Waals surface area contributed by atoms with Gasteiger partial charge in [0.15, 0.2) is 0 Å². The first-order valence-corrected chi connectivity index (χ1v) is 10.6. The molecule has 0 unspecified atom stereocenters. The molecule has 1 amide bonds. The molecule has 1 N–H and O–H groups in total. The lowest BCUT2D eigenvalue weighted by Gasteiger charge is -2.16. The fraction of sp³-hybridized carbons (Fsp3) is 0.300. The SMILES string of the molecule is CN(C)c1ccc(CNC(=O)/C=C/c2ccc(N3CCCS3(=O)=O)cc2)cn1. The van der Waals surface area contributed by atoms with Crippen LogP contribution in [0.25, 0.3) is 6.08 Å². The monoisotopic (exact) mass is 400 g/mol. The van der Waals surface area contributed by atoms with Gasteiger partial charge in [-0.2, -0.15) is 0 Å². The van der Waals surface area contributed by atoms with Crippen LogP contribution in [0.1, 0.15) is 17.5 Å². The lowest BCUT2D eigenvalue weighted by atomic mass is 10.2. The minimum absolute atomic E-state index is 0.197. The molecule has 1 saturated heterocycles. The van der Waals surface area contributed by atoms with Crippen LogP contribution >= 0.6 is 0 Å². The van der Waals surface area contributed by atoms with Crippen LogP contribution in [-0.2, 0) is 21.4 Å². The first-order valence-electron chi connectivity index (χ1n) is 9.04. The number of rotatable bonds is 6. The second-order valence-corrected chi connectivity index (χ2v) is 8.82. The average Bonchev–Trinajstić information content (AvgIpc) is 3.04. The normalized spacial score (nSPS) is 15.7. The van der Waals surface area contributed by atoms with Crippen molar-refractivity contribution in [3.05, 3.63) is 59.8 Å². The lowest BCUT2D eigenvalue weighted by molar-refractivity contribution is -0.116. The second-order valence-electron chi connectivity index (χ2n) is 6.80. The van der Waals surface area contributed by atoms with Crippen molar-refractivity contribution in [2.75, 3.05) is 35.6 Å². The summed E-state index contributed by atoms with van der Waals surface area (Å²) in [5.74, 6) is 0.852. The average molecular weight is 401 g/mol. The van der Waals surface area contributed by atoms with Gasteiger partial charge in [0.2, 0.25) is 15.9 Å². The molecule has 2 aromatic rings. The summed E-state index contributed by atoms with van der Waals surface area (Å²) >= 11 is 0. The molecule has 148 valence electrons. The van der Waals surface area contributed by atoms with Crippen LogP contribution in [0.15, 0.2) is 48.7 Å². The molecule has 0 spiro atoms. The largest absolute Gasteiger partial charge is 0.363 e. The summed E-state index contributed by atoms with van der Waals surface area (Å²) in [7, 11) is 0.667. The summed E-state index contributed by atoms with van der Waals surface area (Å²) in [5.41, 5.74) is 2.41. The number of aromatic nitrogens is 1.